The summed E-state index contributed by atoms with van der Waals surface area (Å²) in [6.07, 6.45) is 4.22. The highest BCUT2D eigenvalue weighted by Gasteiger charge is 2.11. The van der Waals surface area contributed by atoms with Crippen molar-refractivity contribution >= 4 is 28.4 Å². The molecular weight excluding hydrogens is 332 g/mol. The van der Waals surface area contributed by atoms with Crippen LogP contribution in [0.3, 0.4) is 0 Å². The van der Waals surface area contributed by atoms with Crippen LogP contribution in [0, 0.1) is 0 Å². The Labute approximate surface area is 147 Å². The number of aromatic nitrogens is 6. The normalized spacial score (nSPS) is 11.4. The molecule has 3 aromatic heterocycles. The van der Waals surface area contributed by atoms with Crippen molar-refractivity contribution < 1.29 is 0 Å². The molecule has 6 nitrogen and oxygen atoms in total. The second-order valence-corrected chi connectivity index (χ2v) is 6.23. The fraction of sp³-hybridized carbons (Fsp3) is 0.0556. The van der Waals surface area contributed by atoms with Crippen LogP contribution in [0.4, 0.5) is 0 Å². The maximum atomic E-state index is 4.71. The lowest BCUT2D eigenvalue weighted by Crippen LogP contribution is -1.93. The van der Waals surface area contributed by atoms with Crippen molar-refractivity contribution in [2.45, 2.75) is 6.42 Å². The van der Waals surface area contributed by atoms with E-state index in [1.165, 1.54) is 11.7 Å². The SMILES string of the molecule is c1ccc(-c2nccn3nc(Cc4ccc5nsnc5c4)nc23)cc1. The van der Waals surface area contributed by atoms with E-state index in [4.69, 9.17) is 4.98 Å². The van der Waals surface area contributed by atoms with E-state index in [9.17, 15) is 0 Å². The Hall–Kier alpha value is -3.19. The number of hydrogen-bond donors (Lipinski definition) is 0. The lowest BCUT2D eigenvalue weighted by Gasteiger charge is -2.00. The number of benzene rings is 2. The average Bonchev–Trinajstić information content (AvgIpc) is 3.27. The molecule has 2 aromatic carbocycles. The standard InChI is InChI=1S/C18H12N6S/c1-2-4-13(5-3-1)17-18-20-16(21-24(18)9-8-19-17)11-12-6-7-14-15(10-12)23-25-22-14/h1-10H,11H2. The van der Waals surface area contributed by atoms with Gasteiger partial charge in [-0.3, -0.25) is 4.98 Å². The summed E-state index contributed by atoms with van der Waals surface area (Å²) >= 11 is 1.23. The minimum atomic E-state index is 0.642. The zero-order valence-electron chi connectivity index (χ0n) is 13.1. The Kier molecular flexibility index (Phi) is 3.24. The molecule has 0 saturated heterocycles. The molecule has 0 unspecified atom stereocenters. The van der Waals surface area contributed by atoms with E-state index in [1.54, 1.807) is 10.7 Å². The smallest absolute Gasteiger partial charge is 0.181 e. The lowest BCUT2D eigenvalue weighted by molar-refractivity contribution is 0.894. The summed E-state index contributed by atoms with van der Waals surface area (Å²) in [5.74, 6) is 0.757. The highest BCUT2D eigenvalue weighted by atomic mass is 32.1. The van der Waals surface area contributed by atoms with E-state index in [0.29, 0.717) is 6.42 Å². The molecule has 0 saturated carbocycles. The molecule has 7 heteroatoms. The van der Waals surface area contributed by atoms with Gasteiger partial charge in [-0.05, 0) is 17.7 Å². The summed E-state index contributed by atoms with van der Waals surface area (Å²) in [5.41, 5.74) is 5.58. The molecule has 3 heterocycles. The van der Waals surface area contributed by atoms with Crippen LogP contribution in [0.2, 0.25) is 0 Å². The first-order valence-electron chi connectivity index (χ1n) is 7.84. The van der Waals surface area contributed by atoms with Crippen molar-refractivity contribution in [1.82, 2.24) is 28.3 Å². The summed E-state index contributed by atoms with van der Waals surface area (Å²) in [6.45, 7) is 0. The van der Waals surface area contributed by atoms with Gasteiger partial charge < -0.3 is 0 Å². The van der Waals surface area contributed by atoms with Gasteiger partial charge >= 0.3 is 0 Å². The van der Waals surface area contributed by atoms with Crippen LogP contribution >= 0.6 is 11.7 Å². The number of nitrogens with zero attached hydrogens (tertiary/aromatic N) is 6. The summed E-state index contributed by atoms with van der Waals surface area (Å²) in [5, 5.41) is 4.59. The van der Waals surface area contributed by atoms with Gasteiger partial charge in [-0.2, -0.15) is 13.8 Å². The van der Waals surface area contributed by atoms with Crippen molar-refractivity contribution in [3.05, 3.63) is 72.3 Å². The fourth-order valence-electron chi connectivity index (χ4n) is 2.86. The van der Waals surface area contributed by atoms with Crippen LogP contribution < -0.4 is 0 Å². The summed E-state index contributed by atoms with van der Waals surface area (Å²) < 4.78 is 10.3. The molecule has 0 atom stereocenters. The molecule has 0 bridgehead atoms. The lowest BCUT2D eigenvalue weighted by atomic mass is 10.1. The Morgan fingerprint density at radius 3 is 2.76 bits per heavy atom. The van der Waals surface area contributed by atoms with Gasteiger partial charge in [0.25, 0.3) is 0 Å². The Bertz CT molecular complexity index is 1180. The van der Waals surface area contributed by atoms with Crippen molar-refractivity contribution in [2.24, 2.45) is 0 Å². The topological polar surface area (TPSA) is 68.9 Å². The van der Waals surface area contributed by atoms with Gasteiger partial charge in [-0.15, -0.1) is 0 Å². The predicted octanol–water partition coefficient (Wildman–Crippen LogP) is 3.39. The van der Waals surface area contributed by atoms with Gasteiger partial charge in [0, 0.05) is 24.4 Å². The van der Waals surface area contributed by atoms with Crippen molar-refractivity contribution in [1.29, 1.82) is 0 Å². The summed E-state index contributed by atoms with van der Waals surface area (Å²) in [7, 11) is 0. The first-order chi connectivity index (χ1) is 12.4. The highest BCUT2D eigenvalue weighted by molar-refractivity contribution is 7.00. The number of hydrogen-bond acceptors (Lipinski definition) is 6. The van der Waals surface area contributed by atoms with E-state index in [1.807, 2.05) is 54.7 Å². The maximum absolute atomic E-state index is 4.71. The van der Waals surface area contributed by atoms with Crippen LogP contribution in [0.1, 0.15) is 11.4 Å². The third-order valence-electron chi connectivity index (χ3n) is 4.03. The third kappa shape index (κ3) is 2.54. The van der Waals surface area contributed by atoms with E-state index >= 15 is 0 Å². The molecule has 0 radical (unpaired) electrons. The van der Waals surface area contributed by atoms with Crippen LogP contribution in [-0.4, -0.2) is 28.3 Å². The highest BCUT2D eigenvalue weighted by Crippen LogP contribution is 2.21. The second kappa shape index (κ2) is 5.71. The quantitative estimate of drug-likeness (QED) is 0.502. The van der Waals surface area contributed by atoms with Crippen LogP contribution in [0.15, 0.2) is 60.9 Å². The molecule has 0 amide bonds. The van der Waals surface area contributed by atoms with Gasteiger partial charge in [0.2, 0.25) is 0 Å². The van der Waals surface area contributed by atoms with Gasteiger partial charge in [0.15, 0.2) is 11.5 Å². The van der Waals surface area contributed by atoms with Crippen LogP contribution in [0.25, 0.3) is 27.9 Å². The first-order valence-corrected chi connectivity index (χ1v) is 8.57. The minimum Gasteiger partial charge on any atom is -0.251 e. The van der Waals surface area contributed by atoms with E-state index < -0.39 is 0 Å². The van der Waals surface area contributed by atoms with E-state index in [-0.39, 0.29) is 0 Å². The van der Waals surface area contributed by atoms with Crippen molar-refractivity contribution in [3.8, 4) is 11.3 Å². The molecule has 0 aliphatic heterocycles. The number of fused-ring (bicyclic) bond motifs is 2. The second-order valence-electron chi connectivity index (χ2n) is 5.70. The Morgan fingerprint density at radius 1 is 0.960 bits per heavy atom. The maximum Gasteiger partial charge on any atom is 0.181 e. The molecule has 0 N–H and O–H groups in total. The van der Waals surface area contributed by atoms with E-state index in [0.717, 1.165) is 39.3 Å². The first kappa shape index (κ1) is 14.2. The third-order valence-corrected chi connectivity index (χ3v) is 4.58. The molecule has 0 aliphatic rings. The van der Waals surface area contributed by atoms with E-state index in [2.05, 4.69) is 18.8 Å². The summed E-state index contributed by atoms with van der Waals surface area (Å²) in [6, 6.07) is 16.1. The van der Waals surface area contributed by atoms with Crippen LogP contribution in [-0.2, 0) is 6.42 Å². The molecule has 0 spiro atoms. The average molecular weight is 344 g/mol. The molecule has 120 valence electrons. The zero-order chi connectivity index (χ0) is 16.6. The predicted molar refractivity (Wildman–Crippen MR) is 96.4 cm³/mol. The monoisotopic (exact) mass is 344 g/mol. The molecule has 5 aromatic rings. The van der Waals surface area contributed by atoms with Crippen LogP contribution in [0.5, 0.6) is 0 Å². The minimum absolute atomic E-state index is 0.642. The van der Waals surface area contributed by atoms with Gasteiger partial charge in [-0.25, -0.2) is 9.50 Å². The molecule has 25 heavy (non-hydrogen) atoms. The summed E-state index contributed by atoms with van der Waals surface area (Å²) in [4.78, 5) is 9.20. The number of rotatable bonds is 3. The molecule has 0 aliphatic carbocycles. The Morgan fingerprint density at radius 2 is 1.84 bits per heavy atom. The van der Waals surface area contributed by atoms with Gasteiger partial charge in [-0.1, -0.05) is 36.4 Å². The molecule has 0 fully saturated rings. The Balaban J connectivity index is 1.56. The van der Waals surface area contributed by atoms with Gasteiger partial charge in [0.1, 0.15) is 16.7 Å². The van der Waals surface area contributed by atoms with Crippen molar-refractivity contribution in [2.75, 3.05) is 0 Å². The van der Waals surface area contributed by atoms with Crippen molar-refractivity contribution in [3.63, 3.8) is 0 Å². The zero-order valence-corrected chi connectivity index (χ0v) is 13.9. The largest absolute Gasteiger partial charge is 0.251 e. The van der Waals surface area contributed by atoms with Gasteiger partial charge in [0.05, 0.1) is 11.7 Å². The molecular formula is C18H12N6S. The molecule has 5 rings (SSSR count). The fourth-order valence-corrected chi connectivity index (χ4v) is 3.37.